The van der Waals surface area contributed by atoms with E-state index < -0.39 is 0 Å². The highest BCUT2D eigenvalue weighted by atomic mass is 35.5. The zero-order valence-corrected chi connectivity index (χ0v) is 18.9. The number of anilines is 1. The Morgan fingerprint density at radius 1 is 1.00 bits per heavy atom. The first-order valence-electron chi connectivity index (χ1n) is 10.4. The van der Waals surface area contributed by atoms with E-state index in [9.17, 15) is 4.79 Å². The third kappa shape index (κ3) is 4.46. The van der Waals surface area contributed by atoms with Gasteiger partial charge in [0.1, 0.15) is 12.1 Å². The van der Waals surface area contributed by atoms with Gasteiger partial charge in [0.05, 0.1) is 12.1 Å². The minimum atomic E-state index is 0.146. The Kier molecular flexibility index (Phi) is 5.78. The molecule has 1 aliphatic rings. The van der Waals surface area contributed by atoms with Crippen molar-refractivity contribution in [2.75, 3.05) is 25.4 Å². The van der Waals surface area contributed by atoms with Crippen molar-refractivity contribution in [3.63, 3.8) is 0 Å². The number of carbonyl (C=O) groups is 1. The van der Waals surface area contributed by atoms with Gasteiger partial charge in [0.25, 0.3) is 0 Å². The van der Waals surface area contributed by atoms with Gasteiger partial charge in [-0.15, -0.1) is 11.3 Å². The number of amides is 1. The number of rotatable bonds is 5. The van der Waals surface area contributed by atoms with Crippen LogP contribution in [0, 0.1) is 0 Å². The van der Waals surface area contributed by atoms with Gasteiger partial charge in [-0.25, -0.2) is 9.97 Å². The van der Waals surface area contributed by atoms with E-state index in [1.54, 1.807) is 11.3 Å². The molecular weight excluding hydrogens is 442 g/mol. The molecule has 6 nitrogen and oxygen atoms in total. The fourth-order valence-electron chi connectivity index (χ4n) is 3.95. The highest BCUT2D eigenvalue weighted by molar-refractivity contribution is 7.15. The number of nitrogens with two attached hydrogens (primary N) is 1. The van der Waals surface area contributed by atoms with Crippen molar-refractivity contribution in [3.8, 4) is 10.4 Å². The van der Waals surface area contributed by atoms with Crippen LogP contribution >= 0.6 is 22.9 Å². The smallest absolute Gasteiger partial charge is 0.237 e. The Morgan fingerprint density at radius 2 is 1.84 bits per heavy atom. The van der Waals surface area contributed by atoms with Gasteiger partial charge in [0, 0.05) is 46.3 Å². The molecule has 0 saturated carbocycles. The van der Waals surface area contributed by atoms with Gasteiger partial charge >= 0.3 is 0 Å². The van der Waals surface area contributed by atoms with E-state index in [2.05, 4.69) is 27.0 Å². The molecule has 0 bridgehead atoms. The minimum Gasteiger partial charge on any atom is -0.383 e. The SMILES string of the molecule is Nc1ncnc2cc(CN3CCN(Cc4ccc(-c5ccc(Cl)cc5)s4)CC3=O)ccc12. The summed E-state index contributed by atoms with van der Waals surface area (Å²) in [6, 6.07) is 18.1. The largest absolute Gasteiger partial charge is 0.383 e. The maximum Gasteiger partial charge on any atom is 0.237 e. The second-order valence-electron chi connectivity index (χ2n) is 7.91. The summed E-state index contributed by atoms with van der Waals surface area (Å²) in [6.07, 6.45) is 1.47. The van der Waals surface area contributed by atoms with Gasteiger partial charge in [-0.05, 0) is 47.5 Å². The van der Waals surface area contributed by atoms with Crippen LogP contribution in [0.25, 0.3) is 21.3 Å². The third-order valence-corrected chi connectivity index (χ3v) is 7.04. The second-order valence-corrected chi connectivity index (χ2v) is 9.51. The number of carbonyl (C=O) groups excluding carboxylic acids is 1. The molecule has 162 valence electrons. The monoisotopic (exact) mass is 463 g/mol. The Labute approximate surface area is 195 Å². The first kappa shape index (κ1) is 20.9. The van der Waals surface area contributed by atoms with Crippen molar-refractivity contribution in [1.82, 2.24) is 19.8 Å². The third-order valence-electron chi connectivity index (χ3n) is 5.67. The van der Waals surface area contributed by atoms with E-state index in [-0.39, 0.29) is 5.91 Å². The Bertz CT molecular complexity index is 1270. The summed E-state index contributed by atoms with van der Waals surface area (Å²) in [5.41, 5.74) is 8.91. The van der Waals surface area contributed by atoms with E-state index in [4.69, 9.17) is 17.3 Å². The van der Waals surface area contributed by atoms with E-state index in [0.717, 1.165) is 40.1 Å². The van der Waals surface area contributed by atoms with Crippen LogP contribution in [0.4, 0.5) is 5.82 Å². The molecule has 8 heteroatoms. The molecule has 2 aromatic heterocycles. The molecule has 1 amide bonds. The van der Waals surface area contributed by atoms with Crippen LogP contribution in [0.1, 0.15) is 10.4 Å². The summed E-state index contributed by atoms with van der Waals surface area (Å²) in [6.45, 7) is 3.34. The normalized spacial score (nSPS) is 14.9. The molecular formula is C24H22ClN5OS. The molecule has 0 radical (unpaired) electrons. The van der Waals surface area contributed by atoms with E-state index >= 15 is 0 Å². The standard InChI is InChI=1S/C24H22ClN5OS/c25-18-4-2-17(3-5-18)22-8-6-19(32-22)13-29-9-10-30(23(31)14-29)12-16-1-7-20-21(11-16)27-15-28-24(20)26/h1-8,11,15H,9-10,12-14H2,(H2,26,27,28). The molecule has 1 aliphatic heterocycles. The van der Waals surface area contributed by atoms with Crippen LogP contribution in [-0.2, 0) is 17.9 Å². The van der Waals surface area contributed by atoms with E-state index in [1.165, 1.54) is 16.1 Å². The Morgan fingerprint density at radius 3 is 2.66 bits per heavy atom. The van der Waals surface area contributed by atoms with Crippen molar-refractivity contribution in [2.24, 2.45) is 0 Å². The molecule has 1 saturated heterocycles. The molecule has 0 unspecified atom stereocenters. The molecule has 2 N–H and O–H groups in total. The second kappa shape index (κ2) is 8.86. The first-order valence-corrected chi connectivity index (χ1v) is 11.6. The topological polar surface area (TPSA) is 75.3 Å². The molecule has 4 aromatic rings. The van der Waals surface area contributed by atoms with Crippen molar-refractivity contribution in [2.45, 2.75) is 13.1 Å². The van der Waals surface area contributed by atoms with Gasteiger partial charge in [0.15, 0.2) is 0 Å². The zero-order chi connectivity index (χ0) is 22.1. The molecule has 2 aromatic carbocycles. The number of nitrogens with zero attached hydrogens (tertiary/aromatic N) is 4. The number of hydrogen-bond donors (Lipinski definition) is 1. The molecule has 0 spiro atoms. The number of thiophene rings is 1. The Balaban J connectivity index is 1.20. The number of benzene rings is 2. The summed E-state index contributed by atoms with van der Waals surface area (Å²) in [4.78, 5) is 27.7. The van der Waals surface area contributed by atoms with Gasteiger partial charge in [-0.1, -0.05) is 29.8 Å². The van der Waals surface area contributed by atoms with Crippen LogP contribution in [0.2, 0.25) is 5.02 Å². The highest BCUT2D eigenvalue weighted by Gasteiger charge is 2.24. The summed E-state index contributed by atoms with van der Waals surface area (Å²) in [5.74, 6) is 0.618. The van der Waals surface area contributed by atoms with Gasteiger partial charge in [0.2, 0.25) is 5.91 Å². The van der Waals surface area contributed by atoms with Crippen LogP contribution in [-0.4, -0.2) is 45.3 Å². The maximum absolute atomic E-state index is 12.8. The zero-order valence-electron chi connectivity index (χ0n) is 17.4. The predicted molar refractivity (Wildman–Crippen MR) is 129 cm³/mol. The van der Waals surface area contributed by atoms with E-state index in [0.29, 0.717) is 25.5 Å². The number of hydrogen-bond acceptors (Lipinski definition) is 6. The predicted octanol–water partition coefficient (Wildman–Crippen LogP) is 4.44. The molecule has 1 fully saturated rings. The van der Waals surface area contributed by atoms with Crippen molar-refractivity contribution in [3.05, 3.63) is 76.4 Å². The average molecular weight is 464 g/mol. The lowest BCUT2D eigenvalue weighted by atomic mass is 10.1. The van der Waals surface area contributed by atoms with Crippen LogP contribution in [0.3, 0.4) is 0 Å². The summed E-state index contributed by atoms with van der Waals surface area (Å²) >= 11 is 7.75. The number of piperazine rings is 1. The van der Waals surface area contributed by atoms with Gasteiger partial charge in [-0.2, -0.15) is 0 Å². The molecule has 3 heterocycles. The van der Waals surface area contributed by atoms with Crippen LogP contribution in [0.5, 0.6) is 0 Å². The summed E-state index contributed by atoms with van der Waals surface area (Å²) in [7, 11) is 0. The lowest BCUT2D eigenvalue weighted by molar-refractivity contribution is -0.136. The lowest BCUT2D eigenvalue weighted by Crippen LogP contribution is -2.49. The number of aromatic nitrogens is 2. The Hall–Kier alpha value is -3.00. The van der Waals surface area contributed by atoms with Gasteiger partial charge in [-0.3, -0.25) is 9.69 Å². The van der Waals surface area contributed by atoms with E-state index in [1.807, 2.05) is 47.4 Å². The van der Waals surface area contributed by atoms with Gasteiger partial charge < -0.3 is 10.6 Å². The molecule has 0 aliphatic carbocycles. The minimum absolute atomic E-state index is 0.146. The molecule has 0 atom stereocenters. The number of nitrogen functional groups attached to an aromatic ring is 1. The fraction of sp³-hybridized carbons (Fsp3) is 0.208. The van der Waals surface area contributed by atoms with Crippen molar-refractivity contribution < 1.29 is 4.79 Å². The summed E-state index contributed by atoms with van der Waals surface area (Å²) in [5, 5.41) is 1.57. The van der Waals surface area contributed by atoms with Crippen LogP contribution in [0.15, 0.2) is 60.9 Å². The lowest BCUT2D eigenvalue weighted by Gasteiger charge is -2.34. The maximum atomic E-state index is 12.8. The van der Waals surface area contributed by atoms with Crippen molar-refractivity contribution in [1.29, 1.82) is 0 Å². The number of halogens is 1. The number of fused-ring (bicyclic) bond motifs is 1. The molecule has 32 heavy (non-hydrogen) atoms. The average Bonchev–Trinajstić information content (AvgIpc) is 3.25. The molecule has 5 rings (SSSR count). The van der Waals surface area contributed by atoms with Crippen molar-refractivity contribution >= 4 is 45.6 Å². The first-order chi connectivity index (χ1) is 15.5. The van der Waals surface area contributed by atoms with Crippen LogP contribution < -0.4 is 5.73 Å². The quantitative estimate of drug-likeness (QED) is 0.473. The summed E-state index contributed by atoms with van der Waals surface area (Å²) < 4.78 is 0. The fourth-order valence-corrected chi connectivity index (χ4v) is 5.14. The highest BCUT2D eigenvalue weighted by Crippen LogP contribution is 2.30.